The van der Waals surface area contributed by atoms with Crippen molar-refractivity contribution in [2.24, 2.45) is 0 Å². The van der Waals surface area contributed by atoms with Gasteiger partial charge in [0.2, 0.25) is 0 Å². The van der Waals surface area contributed by atoms with E-state index in [0.717, 1.165) is 49.5 Å². The van der Waals surface area contributed by atoms with Crippen molar-refractivity contribution in [3.05, 3.63) is 53.1 Å². The van der Waals surface area contributed by atoms with Crippen molar-refractivity contribution in [1.29, 1.82) is 0 Å². The summed E-state index contributed by atoms with van der Waals surface area (Å²) in [5.74, 6) is 0. The molecule has 0 radical (unpaired) electrons. The first-order chi connectivity index (χ1) is 14.7. The molecule has 0 amide bonds. The summed E-state index contributed by atoms with van der Waals surface area (Å²) in [6.45, 7) is 10.7. The number of benzene rings is 2. The zero-order chi connectivity index (χ0) is 22.4. The molecule has 0 aliphatic carbocycles. The zero-order valence-electron chi connectivity index (χ0n) is 18.2. The Hall–Kier alpha value is -2.20. The number of thiocarbonyl (C=S) groups is 1. The summed E-state index contributed by atoms with van der Waals surface area (Å²) in [5, 5.41) is 6.78. The molecule has 3 rings (SSSR count). The van der Waals surface area contributed by atoms with Crippen LogP contribution in [0.25, 0.3) is 0 Å². The van der Waals surface area contributed by atoms with Gasteiger partial charge >= 0.3 is 0 Å². The minimum absolute atomic E-state index is 0.177. The van der Waals surface area contributed by atoms with Crippen molar-refractivity contribution < 1.29 is 13.2 Å². The third-order valence-electron chi connectivity index (χ3n) is 5.21. The van der Waals surface area contributed by atoms with E-state index in [0.29, 0.717) is 23.0 Å². The molecule has 1 aliphatic heterocycles. The van der Waals surface area contributed by atoms with Crippen LogP contribution in [0.4, 0.5) is 11.4 Å². The molecule has 1 fully saturated rings. The molecule has 0 saturated carbocycles. The van der Waals surface area contributed by atoms with E-state index in [9.17, 15) is 8.42 Å². The summed E-state index contributed by atoms with van der Waals surface area (Å²) in [7, 11) is -3.73. The van der Waals surface area contributed by atoms with E-state index >= 15 is 0 Å². The van der Waals surface area contributed by atoms with E-state index in [4.69, 9.17) is 17.0 Å². The van der Waals surface area contributed by atoms with Crippen LogP contribution in [0.3, 0.4) is 0 Å². The monoisotopic (exact) mass is 462 g/mol. The second-order valence-corrected chi connectivity index (χ2v) is 9.83. The van der Waals surface area contributed by atoms with E-state index in [-0.39, 0.29) is 4.90 Å². The molecule has 1 saturated heterocycles. The third kappa shape index (κ3) is 6.64. The first kappa shape index (κ1) is 23.5. The molecule has 168 valence electrons. The van der Waals surface area contributed by atoms with Crippen LogP contribution >= 0.6 is 12.2 Å². The summed E-state index contributed by atoms with van der Waals surface area (Å²) in [4.78, 5) is 2.49. The molecule has 1 heterocycles. The number of ether oxygens (including phenoxy) is 1. The van der Waals surface area contributed by atoms with Gasteiger partial charge in [0.05, 0.1) is 23.8 Å². The Morgan fingerprint density at radius 2 is 1.77 bits per heavy atom. The van der Waals surface area contributed by atoms with E-state index < -0.39 is 10.0 Å². The highest BCUT2D eigenvalue weighted by Gasteiger charge is 2.17. The number of morpholine rings is 1. The van der Waals surface area contributed by atoms with Gasteiger partial charge in [0, 0.05) is 31.9 Å². The van der Waals surface area contributed by atoms with Crippen LogP contribution in [-0.2, 0) is 14.8 Å². The standard InChI is InChI=1S/C22H30N4O3S2/c1-16-4-7-20(18(3)14-16)25-31(27,28)19-6-5-17(2)21(15-19)24-22(30)23-8-9-26-10-12-29-13-11-26/h4-7,14-15,25H,8-13H2,1-3H3,(H2,23,24,30). The quantitative estimate of drug-likeness (QED) is 0.546. The van der Waals surface area contributed by atoms with Crippen LogP contribution < -0.4 is 15.4 Å². The van der Waals surface area contributed by atoms with Crippen LogP contribution in [-0.4, -0.2) is 57.8 Å². The Balaban J connectivity index is 1.63. The number of sulfonamides is 1. The second kappa shape index (κ2) is 10.4. The average molecular weight is 463 g/mol. The molecule has 0 unspecified atom stereocenters. The van der Waals surface area contributed by atoms with Gasteiger partial charge in [0.15, 0.2) is 5.11 Å². The maximum Gasteiger partial charge on any atom is 0.261 e. The van der Waals surface area contributed by atoms with Gasteiger partial charge in [-0.1, -0.05) is 23.8 Å². The van der Waals surface area contributed by atoms with Crippen LogP contribution in [0.5, 0.6) is 0 Å². The number of hydrogen-bond acceptors (Lipinski definition) is 5. The molecule has 7 nitrogen and oxygen atoms in total. The molecule has 0 aromatic heterocycles. The highest BCUT2D eigenvalue weighted by molar-refractivity contribution is 7.92. The SMILES string of the molecule is Cc1ccc(NS(=O)(=O)c2ccc(C)c(NC(=S)NCCN3CCOCC3)c2)c(C)c1. The maximum atomic E-state index is 12.9. The summed E-state index contributed by atoms with van der Waals surface area (Å²) < 4.78 is 33.9. The molecule has 9 heteroatoms. The van der Waals surface area contributed by atoms with E-state index in [2.05, 4.69) is 20.3 Å². The summed E-state index contributed by atoms with van der Waals surface area (Å²) in [5.41, 5.74) is 4.09. The smallest absolute Gasteiger partial charge is 0.261 e. The number of anilines is 2. The van der Waals surface area contributed by atoms with Crippen LogP contribution in [0.15, 0.2) is 41.3 Å². The van der Waals surface area contributed by atoms with Crippen molar-refractivity contribution in [3.8, 4) is 0 Å². The van der Waals surface area contributed by atoms with Gasteiger partial charge < -0.3 is 15.4 Å². The molecule has 2 aromatic carbocycles. The minimum Gasteiger partial charge on any atom is -0.379 e. The predicted molar refractivity (Wildman–Crippen MR) is 129 cm³/mol. The summed E-state index contributed by atoms with van der Waals surface area (Å²) in [6.07, 6.45) is 0. The van der Waals surface area contributed by atoms with Crippen molar-refractivity contribution >= 4 is 38.7 Å². The Morgan fingerprint density at radius 1 is 1.03 bits per heavy atom. The highest BCUT2D eigenvalue weighted by Crippen LogP contribution is 2.24. The number of aryl methyl sites for hydroxylation is 3. The summed E-state index contributed by atoms with van der Waals surface area (Å²) in [6, 6.07) is 10.6. The van der Waals surface area contributed by atoms with Gasteiger partial charge in [-0.3, -0.25) is 9.62 Å². The normalized spacial score (nSPS) is 14.8. The number of hydrogen-bond donors (Lipinski definition) is 3. The van der Waals surface area contributed by atoms with Gasteiger partial charge in [-0.05, 0) is 62.3 Å². The van der Waals surface area contributed by atoms with Gasteiger partial charge in [0.1, 0.15) is 0 Å². The van der Waals surface area contributed by atoms with E-state index in [1.807, 2.05) is 32.9 Å². The predicted octanol–water partition coefficient (Wildman–Crippen LogP) is 3.03. The third-order valence-corrected chi connectivity index (χ3v) is 6.82. The molecule has 31 heavy (non-hydrogen) atoms. The number of rotatable bonds is 7. The van der Waals surface area contributed by atoms with Gasteiger partial charge in [-0.2, -0.15) is 0 Å². The second-order valence-electron chi connectivity index (χ2n) is 7.74. The lowest BCUT2D eigenvalue weighted by molar-refractivity contribution is 0.0389. The van der Waals surface area contributed by atoms with Crippen molar-refractivity contribution in [2.45, 2.75) is 25.7 Å². The lowest BCUT2D eigenvalue weighted by Gasteiger charge is -2.26. The van der Waals surface area contributed by atoms with Crippen LogP contribution in [0.1, 0.15) is 16.7 Å². The fraction of sp³-hybridized carbons (Fsp3) is 0.409. The fourth-order valence-electron chi connectivity index (χ4n) is 3.35. The Kier molecular flexibility index (Phi) is 7.88. The van der Waals surface area contributed by atoms with Crippen molar-refractivity contribution in [3.63, 3.8) is 0 Å². The minimum atomic E-state index is -3.73. The maximum absolute atomic E-state index is 12.9. The molecule has 1 aliphatic rings. The largest absolute Gasteiger partial charge is 0.379 e. The lowest BCUT2D eigenvalue weighted by Crippen LogP contribution is -2.42. The van der Waals surface area contributed by atoms with E-state index in [1.165, 1.54) is 0 Å². The van der Waals surface area contributed by atoms with Gasteiger partial charge in [0.25, 0.3) is 10.0 Å². The molecule has 0 atom stereocenters. The van der Waals surface area contributed by atoms with Gasteiger partial charge in [-0.25, -0.2) is 8.42 Å². The molecule has 0 bridgehead atoms. The van der Waals surface area contributed by atoms with Crippen molar-refractivity contribution in [2.75, 3.05) is 49.4 Å². The van der Waals surface area contributed by atoms with Crippen LogP contribution in [0.2, 0.25) is 0 Å². The first-order valence-corrected chi connectivity index (χ1v) is 12.2. The number of nitrogens with one attached hydrogen (secondary N) is 3. The Labute approximate surface area is 190 Å². The van der Waals surface area contributed by atoms with E-state index in [1.54, 1.807) is 24.3 Å². The first-order valence-electron chi connectivity index (χ1n) is 10.3. The van der Waals surface area contributed by atoms with Crippen molar-refractivity contribution in [1.82, 2.24) is 10.2 Å². The lowest BCUT2D eigenvalue weighted by atomic mass is 10.1. The summed E-state index contributed by atoms with van der Waals surface area (Å²) >= 11 is 5.40. The zero-order valence-corrected chi connectivity index (χ0v) is 19.8. The fourth-order valence-corrected chi connectivity index (χ4v) is 4.72. The average Bonchev–Trinajstić information content (AvgIpc) is 2.72. The molecular formula is C22H30N4O3S2. The molecule has 3 N–H and O–H groups in total. The highest BCUT2D eigenvalue weighted by atomic mass is 32.2. The topological polar surface area (TPSA) is 82.7 Å². The van der Waals surface area contributed by atoms with Gasteiger partial charge in [-0.15, -0.1) is 0 Å². The number of nitrogens with zero attached hydrogens (tertiary/aromatic N) is 1. The Morgan fingerprint density at radius 3 is 2.48 bits per heavy atom. The molecule has 0 spiro atoms. The Bertz CT molecular complexity index is 1040. The molecule has 2 aromatic rings. The van der Waals surface area contributed by atoms with Crippen LogP contribution in [0, 0.1) is 20.8 Å². The molecular weight excluding hydrogens is 432 g/mol.